The van der Waals surface area contributed by atoms with E-state index in [4.69, 9.17) is 5.11 Å². The van der Waals surface area contributed by atoms with Crippen molar-refractivity contribution < 1.29 is 15.0 Å². The Bertz CT molecular complexity index is 394. The number of carboxylic acids is 1. The van der Waals surface area contributed by atoms with Gasteiger partial charge in [-0.25, -0.2) is 0 Å². The van der Waals surface area contributed by atoms with Gasteiger partial charge in [0.1, 0.15) is 0 Å². The second-order valence-corrected chi connectivity index (χ2v) is 5.41. The summed E-state index contributed by atoms with van der Waals surface area (Å²) in [7, 11) is 0. The molecule has 4 heteroatoms. The lowest BCUT2D eigenvalue weighted by atomic mass is 9.98. The molecule has 0 aromatic heterocycles. The third-order valence-corrected chi connectivity index (χ3v) is 3.63. The average Bonchev–Trinajstić information content (AvgIpc) is 2.50. The van der Waals surface area contributed by atoms with E-state index < -0.39 is 12.1 Å². The third-order valence-electron chi connectivity index (χ3n) is 3.63. The lowest BCUT2D eigenvalue weighted by Crippen LogP contribution is -2.36. The molecule has 2 atom stereocenters. The highest BCUT2D eigenvalue weighted by molar-refractivity contribution is 5.66. The molecule has 0 aliphatic heterocycles. The molecule has 1 rings (SSSR count). The van der Waals surface area contributed by atoms with Gasteiger partial charge in [0.05, 0.1) is 6.10 Å². The van der Waals surface area contributed by atoms with Gasteiger partial charge in [0.25, 0.3) is 0 Å². The van der Waals surface area contributed by atoms with Crippen LogP contribution in [-0.2, 0) is 4.79 Å². The number of benzene rings is 1. The Labute approximate surface area is 127 Å². The molecule has 1 aromatic carbocycles. The third kappa shape index (κ3) is 7.25. The quantitative estimate of drug-likeness (QED) is 0.548. The van der Waals surface area contributed by atoms with Gasteiger partial charge in [0.2, 0.25) is 0 Å². The van der Waals surface area contributed by atoms with E-state index in [-0.39, 0.29) is 12.5 Å². The molecule has 0 saturated carbocycles. The highest BCUT2D eigenvalue weighted by atomic mass is 16.4. The molecule has 0 bridgehead atoms. The van der Waals surface area contributed by atoms with Crippen LogP contribution in [0.3, 0.4) is 0 Å². The molecule has 0 amide bonds. The van der Waals surface area contributed by atoms with Crippen molar-refractivity contribution >= 4 is 5.97 Å². The molecule has 4 nitrogen and oxygen atoms in total. The van der Waals surface area contributed by atoms with Crippen molar-refractivity contribution in [3.8, 4) is 0 Å². The number of nitrogens with one attached hydrogen (secondary N) is 1. The molecule has 3 N–H and O–H groups in total. The Morgan fingerprint density at radius 2 is 1.90 bits per heavy atom. The van der Waals surface area contributed by atoms with Gasteiger partial charge in [-0.2, -0.15) is 0 Å². The van der Waals surface area contributed by atoms with Gasteiger partial charge in [-0.1, -0.05) is 56.5 Å². The monoisotopic (exact) mass is 293 g/mol. The Kier molecular flexibility index (Phi) is 8.71. The van der Waals surface area contributed by atoms with Crippen molar-refractivity contribution in [1.29, 1.82) is 0 Å². The van der Waals surface area contributed by atoms with Crippen LogP contribution in [0.15, 0.2) is 30.3 Å². The number of unbranched alkanes of at least 4 members (excludes halogenated alkanes) is 3. The molecule has 118 valence electrons. The highest BCUT2D eigenvalue weighted by Crippen LogP contribution is 2.20. The smallest absolute Gasteiger partial charge is 0.303 e. The summed E-state index contributed by atoms with van der Waals surface area (Å²) in [6.07, 6.45) is 4.44. The maximum absolute atomic E-state index is 10.8. The summed E-state index contributed by atoms with van der Waals surface area (Å²) in [5, 5.41) is 22.6. The first-order valence-corrected chi connectivity index (χ1v) is 7.83. The summed E-state index contributed by atoms with van der Waals surface area (Å²) in [5.41, 5.74) is 0.828. The summed E-state index contributed by atoms with van der Waals surface area (Å²) in [6, 6.07) is 9.20. The Hall–Kier alpha value is -1.39. The fraction of sp³-hybridized carbons (Fsp3) is 0.588. The molecular formula is C17H27NO3. The van der Waals surface area contributed by atoms with E-state index in [0.29, 0.717) is 6.42 Å². The number of aliphatic hydroxyl groups excluding tert-OH is 1. The van der Waals surface area contributed by atoms with Crippen LogP contribution in [0.2, 0.25) is 0 Å². The zero-order chi connectivity index (χ0) is 15.5. The van der Waals surface area contributed by atoms with Crippen molar-refractivity contribution in [2.24, 2.45) is 0 Å². The summed E-state index contributed by atoms with van der Waals surface area (Å²) in [6.45, 7) is 2.98. The molecule has 0 aliphatic rings. The Balaban J connectivity index is 2.52. The van der Waals surface area contributed by atoms with Gasteiger partial charge >= 0.3 is 5.97 Å². The minimum absolute atomic E-state index is 0.0660. The highest BCUT2D eigenvalue weighted by Gasteiger charge is 2.20. The van der Waals surface area contributed by atoms with Gasteiger partial charge < -0.3 is 15.5 Å². The van der Waals surface area contributed by atoms with E-state index in [1.165, 1.54) is 12.8 Å². The number of carbonyl (C=O) groups is 1. The fourth-order valence-corrected chi connectivity index (χ4v) is 2.37. The van der Waals surface area contributed by atoms with Crippen LogP contribution >= 0.6 is 0 Å². The van der Waals surface area contributed by atoms with Gasteiger partial charge in [-0.05, 0) is 24.9 Å². The van der Waals surface area contributed by atoms with Crippen LogP contribution in [0.1, 0.15) is 57.1 Å². The van der Waals surface area contributed by atoms with Crippen molar-refractivity contribution in [2.45, 2.75) is 57.6 Å². The molecule has 0 saturated heterocycles. The standard InChI is InChI=1S/C17H27NO3/c1-2-3-4-8-13-18-15(11-12-16(19)20)17(21)14-9-6-5-7-10-14/h5-7,9-10,15,17-18,21H,2-4,8,11-13H2,1H3,(H,19,20). The molecule has 21 heavy (non-hydrogen) atoms. The molecule has 0 fully saturated rings. The molecular weight excluding hydrogens is 266 g/mol. The molecule has 1 aromatic rings. The lowest BCUT2D eigenvalue weighted by molar-refractivity contribution is -0.137. The number of carboxylic acid groups (broad SMARTS) is 1. The normalized spacial score (nSPS) is 13.8. The predicted octanol–water partition coefficient (Wildman–Crippen LogP) is 3.12. The van der Waals surface area contributed by atoms with Gasteiger partial charge in [-0.15, -0.1) is 0 Å². The maximum atomic E-state index is 10.8. The number of aliphatic carboxylic acids is 1. The van der Waals surface area contributed by atoms with Gasteiger partial charge in [0, 0.05) is 12.5 Å². The van der Waals surface area contributed by atoms with Crippen LogP contribution < -0.4 is 5.32 Å². The summed E-state index contributed by atoms with van der Waals surface area (Å²) in [4.78, 5) is 10.8. The van der Waals surface area contributed by atoms with Crippen LogP contribution in [0, 0.1) is 0 Å². The second kappa shape index (κ2) is 10.4. The van der Waals surface area contributed by atoms with Crippen molar-refractivity contribution in [3.05, 3.63) is 35.9 Å². The molecule has 0 heterocycles. The van der Waals surface area contributed by atoms with Gasteiger partial charge in [0.15, 0.2) is 0 Å². The first-order chi connectivity index (χ1) is 10.1. The number of hydrogen-bond acceptors (Lipinski definition) is 3. The minimum Gasteiger partial charge on any atom is -0.481 e. The zero-order valence-electron chi connectivity index (χ0n) is 12.8. The number of hydrogen-bond donors (Lipinski definition) is 3. The average molecular weight is 293 g/mol. The van der Waals surface area contributed by atoms with E-state index in [1.54, 1.807) is 0 Å². The van der Waals surface area contributed by atoms with Crippen LogP contribution in [0.5, 0.6) is 0 Å². The van der Waals surface area contributed by atoms with Gasteiger partial charge in [-0.3, -0.25) is 4.79 Å². The maximum Gasteiger partial charge on any atom is 0.303 e. The van der Waals surface area contributed by atoms with Crippen molar-refractivity contribution in [2.75, 3.05) is 6.54 Å². The molecule has 0 spiro atoms. The minimum atomic E-state index is -0.826. The first-order valence-electron chi connectivity index (χ1n) is 7.83. The second-order valence-electron chi connectivity index (χ2n) is 5.41. The molecule has 0 radical (unpaired) electrons. The van der Waals surface area contributed by atoms with Crippen LogP contribution in [0.4, 0.5) is 0 Å². The summed E-state index contributed by atoms with van der Waals surface area (Å²) in [5.74, 6) is -0.826. The fourth-order valence-electron chi connectivity index (χ4n) is 2.37. The zero-order valence-corrected chi connectivity index (χ0v) is 12.8. The molecule has 0 aliphatic carbocycles. The summed E-state index contributed by atoms with van der Waals surface area (Å²) >= 11 is 0. The van der Waals surface area contributed by atoms with E-state index in [9.17, 15) is 9.90 Å². The molecule has 2 unspecified atom stereocenters. The topological polar surface area (TPSA) is 69.6 Å². The number of rotatable bonds is 11. The van der Waals surface area contributed by atoms with Crippen LogP contribution in [0.25, 0.3) is 0 Å². The lowest BCUT2D eigenvalue weighted by Gasteiger charge is -2.24. The predicted molar refractivity (Wildman–Crippen MR) is 84.2 cm³/mol. The Morgan fingerprint density at radius 3 is 2.52 bits per heavy atom. The van der Waals surface area contributed by atoms with Crippen LogP contribution in [-0.4, -0.2) is 28.8 Å². The van der Waals surface area contributed by atoms with E-state index in [2.05, 4.69) is 12.2 Å². The van der Waals surface area contributed by atoms with E-state index >= 15 is 0 Å². The van der Waals surface area contributed by atoms with E-state index in [1.807, 2.05) is 30.3 Å². The largest absolute Gasteiger partial charge is 0.481 e. The van der Waals surface area contributed by atoms with Crippen molar-refractivity contribution in [3.63, 3.8) is 0 Å². The van der Waals surface area contributed by atoms with E-state index in [0.717, 1.165) is 24.9 Å². The SMILES string of the molecule is CCCCCCNC(CCC(=O)O)C(O)c1ccccc1. The van der Waals surface area contributed by atoms with Crippen molar-refractivity contribution in [1.82, 2.24) is 5.32 Å². The first kappa shape index (κ1) is 17.7. The Morgan fingerprint density at radius 1 is 1.19 bits per heavy atom. The number of aliphatic hydroxyl groups is 1. The summed E-state index contributed by atoms with van der Waals surface area (Å²) < 4.78 is 0.